The quantitative estimate of drug-likeness (QED) is 0.776. The van der Waals surface area contributed by atoms with Crippen LogP contribution in [0.3, 0.4) is 0 Å². The molecule has 2 aromatic heterocycles. The third-order valence-corrected chi connectivity index (χ3v) is 4.84. The van der Waals surface area contributed by atoms with Crippen molar-refractivity contribution in [3.8, 4) is 0 Å². The lowest BCUT2D eigenvalue weighted by atomic mass is 10.2. The van der Waals surface area contributed by atoms with E-state index in [2.05, 4.69) is 30.8 Å². The highest BCUT2D eigenvalue weighted by atomic mass is 35.5. The van der Waals surface area contributed by atoms with Crippen molar-refractivity contribution < 1.29 is 0 Å². The fraction of sp³-hybridized carbons (Fsp3) is 0.353. The molecule has 1 saturated heterocycles. The van der Waals surface area contributed by atoms with E-state index in [0.29, 0.717) is 17.7 Å². The van der Waals surface area contributed by atoms with Gasteiger partial charge in [-0.25, -0.2) is 14.8 Å². The zero-order valence-electron chi connectivity index (χ0n) is 13.9. The maximum Gasteiger partial charge on any atom is 0.327 e. The van der Waals surface area contributed by atoms with Crippen molar-refractivity contribution in [3.63, 3.8) is 0 Å². The number of piperazine rings is 1. The summed E-state index contributed by atoms with van der Waals surface area (Å²) in [5.41, 5.74) is 2.36. The zero-order chi connectivity index (χ0) is 17.4. The van der Waals surface area contributed by atoms with Crippen LogP contribution in [0.15, 0.2) is 35.4 Å². The van der Waals surface area contributed by atoms with Crippen molar-refractivity contribution in [2.24, 2.45) is 0 Å². The molecule has 25 heavy (non-hydrogen) atoms. The number of fused-ring (bicyclic) bond motifs is 1. The Bertz CT molecular complexity index is 957. The van der Waals surface area contributed by atoms with Crippen molar-refractivity contribution >= 4 is 34.3 Å². The fourth-order valence-corrected chi connectivity index (χ4v) is 3.52. The van der Waals surface area contributed by atoms with Crippen LogP contribution >= 0.6 is 11.6 Å². The summed E-state index contributed by atoms with van der Waals surface area (Å²) in [6.45, 7) is 5.88. The first kappa shape index (κ1) is 16.0. The molecular weight excluding hydrogens is 340 g/mol. The summed E-state index contributed by atoms with van der Waals surface area (Å²) in [6, 6.07) is 7.91. The molecule has 1 N–H and O–H groups in total. The molecule has 4 rings (SSSR count). The molecule has 8 heteroatoms. The molecule has 0 bridgehead atoms. The predicted octanol–water partition coefficient (Wildman–Crippen LogP) is 2.12. The number of halogens is 1. The molecule has 0 spiro atoms. The minimum Gasteiger partial charge on any atom is -0.368 e. The summed E-state index contributed by atoms with van der Waals surface area (Å²) < 4.78 is 1.63. The third-order valence-electron chi connectivity index (χ3n) is 4.61. The molecule has 0 amide bonds. The standard InChI is InChI=1S/C17H19ClN6O/c1-2-24-16-14(21-17(24)25)15(19-11-20-16)23-8-6-22(7-9-23)13-5-3-4-12(18)10-13/h3-5,10-11H,2,6-9H2,1H3,(H,21,25). The number of H-pyrrole nitrogens is 1. The monoisotopic (exact) mass is 358 g/mol. The Kier molecular flexibility index (Phi) is 4.09. The number of nitrogens with zero attached hydrogens (tertiary/aromatic N) is 5. The Morgan fingerprint density at radius 2 is 1.92 bits per heavy atom. The lowest BCUT2D eigenvalue weighted by molar-refractivity contribution is 0.648. The van der Waals surface area contributed by atoms with E-state index < -0.39 is 0 Å². The van der Waals surface area contributed by atoms with Gasteiger partial charge in [0.15, 0.2) is 11.5 Å². The van der Waals surface area contributed by atoms with Gasteiger partial charge in [0.1, 0.15) is 11.8 Å². The van der Waals surface area contributed by atoms with Crippen LogP contribution < -0.4 is 15.5 Å². The second kappa shape index (κ2) is 6.40. The van der Waals surface area contributed by atoms with Crippen LogP contribution in [0.5, 0.6) is 0 Å². The molecule has 3 heterocycles. The maximum absolute atomic E-state index is 12.1. The zero-order valence-corrected chi connectivity index (χ0v) is 14.7. The Labute approximate surface area is 149 Å². The van der Waals surface area contributed by atoms with E-state index in [1.54, 1.807) is 4.57 Å². The van der Waals surface area contributed by atoms with Crippen LogP contribution in [0.4, 0.5) is 11.5 Å². The van der Waals surface area contributed by atoms with Crippen LogP contribution in [0.25, 0.3) is 11.2 Å². The molecule has 7 nitrogen and oxygen atoms in total. The van der Waals surface area contributed by atoms with Gasteiger partial charge in [-0.15, -0.1) is 0 Å². The summed E-state index contributed by atoms with van der Waals surface area (Å²) in [4.78, 5) is 28.2. The van der Waals surface area contributed by atoms with Crippen molar-refractivity contribution in [2.45, 2.75) is 13.5 Å². The number of aromatic amines is 1. The van der Waals surface area contributed by atoms with Crippen molar-refractivity contribution in [1.29, 1.82) is 0 Å². The Hall–Kier alpha value is -2.54. The van der Waals surface area contributed by atoms with E-state index in [9.17, 15) is 4.79 Å². The number of rotatable bonds is 3. The van der Waals surface area contributed by atoms with Gasteiger partial charge >= 0.3 is 5.69 Å². The average Bonchev–Trinajstić information content (AvgIpc) is 2.97. The SMILES string of the molecule is CCn1c(=O)[nH]c2c(N3CCN(c4cccc(Cl)c4)CC3)ncnc21. The lowest BCUT2D eigenvalue weighted by Crippen LogP contribution is -2.47. The van der Waals surface area contributed by atoms with E-state index >= 15 is 0 Å². The summed E-state index contributed by atoms with van der Waals surface area (Å²) in [7, 11) is 0. The minimum absolute atomic E-state index is 0.142. The molecule has 0 saturated carbocycles. The van der Waals surface area contributed by atoms with Crippen LogP contribution in [-0.4, -0.2) is 45.7 Å². The first-order chi connectivity index (χ1) is 12.2. The van der Waals surface area contributed by atoms with Gasteiger partial charge < -0.3 is 14.8 Å². The smallest absolute Gasteiger partial charge is 0.327 e. The van der Waals surface area contributed by atoms with Gasteiger partial charge in [-0.05, 0) is 25.1 Å². The Morgan fingerprint density at radius 3 is 2.64 bits per heavy atom. The molecule has 0 aliphatic carbocycles. The second-order valence-corrected chi connectivity index (χ2v) is 6.46. The number of hydrogen-bond donors (Lipinski definition) is 1. The van der Waals surface area contributed by atoms with Crippen LogP contribution in [-0.2, 0) is 6.54 Å². The molecule has 130 valence electrons. The molecular formula is C17H19ClN6O. The first-order valence-electron chi connectivity index (χ1n) is 8.36. The van der Waals surface area contributed by atoms with E-state index in [1.807, 2.05) is 25.1 Å². The number of aromatic nitrogens is 4. The van der Waals surface area contributed by atoms with Crippen LogP contribution in [0.2, 0.25) is 5.02 Å². The number of hydrogen-bond acceptors (Lipinski definition) is 5. The van der Waals surface area contributed by atoms with Crippen molar-refractivity contribution in [1.82, 2.24) is 19.5 Å². The highest BCUT2D eigenvalue weighted by Crippen LogP contribution is 2.24. The molecule has 1 fully saturated rings. The Morgan fingerprint density at radius 1 is 1.16 bits per heavy atom. The molecule has 3 aromatic rings. The molecule has 0 radical (unpaired) electrons. The van der Waals surface area contributed by atoms with Crippen molar-refractivity contribution in [2.75, 3.05) is 36.0 Å². The normalized spacial score (nSPS) is 15.1. The maximum atomic E-state index is 12.1. The highest BCUT2D eigenvalue weighted by molar-refractivity contribution is 6.30. The largest absolute Gasteiger partial charge is 0.368 e. The van der Waals surface area contributed by atoms with E-state index in [4.69, 9.17) is 11.6 Å². The topological polar surface area (TPSA) is 70.1 Å². The minimum atomic E-state index is -0.142. The fourth-order valence-electron chi connectivity index (χ4n) is 3.34. The predicted molar refractivity (Wildman–Crippen MR) is 99.7 cm³/mol. The molecule has 1 aliphatic rings. The number of nitrogens with one attached hydrogen (secondary N) is 1. The number of benzene rings is 1. The molecule has 1 aromatic carbocycles. The van der Waals surface area contributed by atoms with E-state index in [1.165, 1.54) is 6.33 Å². The molecule has 0 atom stereocenters. The van der Waals surface area contributed by atoms with Gasteiger partial charge in [0.05, 0.1) is 0 Å². The van der Waals surface area contributed by atoms with Gasteiger partial charge in [-0.3, -0.25) is 4.57 Å². The number of aryl methyl sites for hydroxylation is 1. The average molecular weight is 359 g/mol. The van der Waals surface area contributed by atoms with Crippen molar-refractivity contribution in [3.05, 3.63) is 46.1 Å². The van der Waals surface area contributed by atoms with Crippen LogP contribution in [0, 0.1) is 0 Å². The summed E-state index contributed by atoms with van der Waals surface area (Å²) in [6.07, 6.45) is 1.53. The Balaban J connectivity index is 1.59. The molecule has 0 unspecified atom stereocenters. The molecule has 1 aliphatic heterocycles. The number of anilines is 2. The highest BCUT2D eigenvalue weighted by Gasteiger charge is 2.22. The number of imidazole rings is 1. The van der Waals surface area contributed by atoms with Gasteiger partial charge in [0.25, 0.3) is 0 Å². The van der Waals surface area contributed by atoms with E-state index in [-0.39, 0.29) is 5.69 Å². The summed E-state index contributed by atoms with van der Waals surface area (Å²) in [5.74, 6) is 0.792. The second-order valence-electron chi connectivity index (χ2n) is 6.02. The van der Waals surface area contributed by atoms with E-state index in [0.717, 1.165) is 42.7 Å². The van der Waals surface area contributed by atoms with Gasteiger partial charge in [-0.2, -0.15) is 0 Å². The van der Waals surface area contributed by atoms with Gasteiger partial charge in [0.2, 0.25) is 0 Å². The summed E-state index contributed by atoms with van der Waals surface area (Å²) >= 11 is 6.09. The lowest BCUT2D eigenvalue weighted by Gasteiger charge is -2.36. The van der Waals surface area contributed by atoms with Gasteiger partial charge in [0, 0.05) is 43.4 Å². The first-order valence-corrected chi connectivity index (χ1v) is 8.74. The summed E-state index contributed by atoms with van der Waals surface area (Å²) in [5, 5.41) is 0.746. The van der Waals surface area contributed by atoms with Crippen LogP contribution in [0.1, 0.15) is 6.92 Å². The van der Waals surface area contributed by atoms with Gasteiger partial charge in [-0.1, -0.05) is 17.7 Å². The third kappa shape index (κ3) is 2.84.